The molecule has 1 atom stereocenters. The van der Waals surface area contributed by atoms with Crippen LogP contribution in [0, 0.1) is 5.41 Å². The average Bonchev–Trinajstić information content (AvgIpc) is 2.17. The molecule has 0 heterocycles. The van der Waals surface area contributed by atoms with Crippen LogP contribution in [0.3, 0.4) is 0 Å². The summed E-state index contributed by atoms with van der Waals surface area (Å²) in [5, 5.41) is 0. The molecule has 2 N–H and O–H groups in total. The van der Waals surface area contributed by atoms with Crippen LogP contribution in [0.5, 0.6) is 0 Å². The van der Waals surface area contributed by atoms with E-state index in [1.807, 2.05) is 6.92 Å². The number of unbranched alkanes of at least 4 members (excludes halogenated alkanes) is 1. The van der Waals surface area contributed by atoms with E-state index >= 15 is 0 Å². The molecule has 1 unspecified atom stereocenters. The molecule has 0 rings (SSSR count). The molecule has 92 valence electrons. The predicted octanol–water partition coefficient (Wildman–Crippen LogP) is 2.19. The van der Waals surface area contributed by atoms with Gasteiger partial charge in [-0.05, 0) is 31.7 Å². The molecule has 0 bridgehead atoms. The summed E-state index contributed by atoms with van der Waals surface area (Å²) in [6, 6.07) is 0. The van der Waals surface area contributed by atoms with Crippen molar-refractivity contribution in [2.24, 2.45) is 11.1 Å². The minimum absolute atomic E-state index is 0.206. The summed E-state index contributed by atoms with van der Waals surface area (Å²) in [5.74, 6) is 0. The largest absolute Gasteiger partial charge is 0.382 e. The molecule has 3 nitrogen and oxygen atoms in total. The molecule has 0 fully saturated rings. The van der Waals surface area contributed by atoms with Crippen LogP contribution in [-0.4, -0.2) is 33.0 Å². The first-order valence-corrected chi connectivity index (χ1v) is 5.82. The lowest BCUT2D eigenvalue weighted by molar-refractivity contribution is 0.00708. The van der Waals surface area contributed by atoms with Crippen LogP contribution >= 0.6 is 0 Å². The van der Waals surface area contributed by atoms with E-state index in [-0.39, 0.29) is 11.5 Å². The van der Waals surface area contributed by atoms with Gasteiger partial charge in [-0.2, -0.15) is 0 Å². The van der Waals surface area contributed by atoms with Crippen molar-refractivity contribution < 1.29 is 9.47 Å². The van der Waals surface area contributed by atoms with Crippen LogP contribution in [0.1, 0.15) is 40.0 Å². The van der Waals surface area contributed by atoms with Gasteiger partial charge in [0.1, 0.15) is 0 Å². The Morgan fingerprint density at radius 2 is 1.93 bits per heavy atom. The molecule has 0 aliphatic rings. The molecule has 0 aromatic carbocycles. The van der Waals surface area contributed by atoms with Crippen molar-refractivity contribution >= 4 is 0 Å². The lowest BCUT2D eigenvalue weighted by Crippen LogP contribution is -2.23. The van der Waals surface area contributed by atoms with E-state index in [1.165, 1.54) is 12.8 Å². The summed E-state index contributed by atoms with van der Waals surface area (Å²) in [6.07, 6.45) is 3.67. The molecule has 0 radical (unpaired) electrons. The highest BCUT2D eigenvalue weighted by Gasteiger charge is 2.14. The summed E-state index contributed by atoms with van der Waals surface area (Å²) in [4.78, 5) is 0. The van der Waals surface area contributed by atoms with Gasteiger partial charge in [0.25, 0.3) is 0 Å². The van der Waals surface area contributed by atoms with Crippen LogP contribution in [0.15, 0.2) is 0 Å². The van der Waals surface area contributed by atoms with Gasteiger partial charge < -0.3 is 15.2 Å². The van der Waals surface area contributed by atoms with Crippen LogP contribution in [0.2, 0.25) is 0 Å². The molecule has 0 aliphatic carbocycles. The van der Waals surface area contributed by atoms with Crippen molar-refractivity contribution in [3.63, 3.8) is 0 Å². The highest BCUT2D eigenvalue weighted by atomic mass is 16.5. The minimum atomic E-state index is 0.206. The quantitative estimate of drug-likeness (QED) is 0.602. The van der Waals surface area contributed by atoms with Gasteiger partial charge in [-0.3, -0.25) is 0 Å². The van der Waals surface area contributed by atoms with Gasteiger partial charge in [0.2, 0.25) is 0 Å². The Morgan fingerprint density at radius 3 is 2.47 bits per heavy atom. The Hall–Kier alpha value is -0.120. The van der Waals surface area contributed by atoms with Crippen molar-refractivity contribution in [1.29, 1.82) is 0 Å². The van der Waals surface area contributed by atoms with Crippen molar-refractivity contribution in [3.8, 4) is 0 Å². The topological polar surface area (TPSA) is 44.5 Å². The Labute approximate surface area is 94.3 Å². The van der Waals surface area contributed by atoms with E-state index in [0.29, 0.717) is 6.61 Å². The van der Waals surface area contributed by atoms with Crippen LogP contribution in [0.4, 0.5) is 0 Å². The number of rotatable bonds is 9. The number of ether oxygens (including phenoxy) is 2. The summed E-state index contributed by atoms with van der Waals surface area (Å²) in [7, 11) is 1.70. The minimum Gasteiger partial charge on any atom is -0.382 e. The lowest BCUT2D eigenvalue weighted by Gasteiger charge is -2.22. The predicted molar refractivity (Wildman–Crippen MR) is 64.0 cm³/mol. The van der Waals surface area contributed by atoms with E-state index in [1.54, 1.807) is 7.11 Å². The number of hydrogen-bond donors (Lipinski definition) is 1. The fourth-order valence-electron chi connectivity index (χ4n) is 1.38. The molecule has 3 heteroatoms. The monoisotopic (exact) mass is 217 g/mol. The van der Waals surface area contributed by atoms with Gasteiger partial charge >= 0.3 is 0 Å². The van der Waals surface area contributed by atoms with E-state index in [2.05, 4.69) is 13.8 Å². The van der Waals surface area contributed by atoms with Crippen LogP contribution < -0.4 is 5.73 Å². The zero-order valence-electron chi connectivity index (χ0n) is 10.7. The molecular formula is C12H27NO2. The maximum Gasteiger partial charge on any atom is 0.0780 e. The third-order valence-electron chi connectivity index (χ3n) is 2.60. The Bertz CT molecular complexity index is 149. The van der Waals surface area contributed by atoms with Gasteiger partial charge in [-0.15, -0.1) is 0 Å². The Morgan fingerprint density at radius 1 is 1.27 bits per heavy atom. The molecule has 0 saturated heterocycles. The fraction of sp³-hybridized carbons (Fsp3) is 1.00. The van der Waals surface area contributed by atoms with Gasteiger partial charge in [0.05, 0.1) is 12.7 Å². The highest BCUT2D eigenvalue weighted by Crippen LogP contribution is 2.21. The van der Waals surface area contributed by atoms with E-state index in [4.69, 9.17) is 15.2 Å². The first-order chi connectivity index (χ1) is 7.02. The Balaban J connectivity index is 3.32. The zero-order valence-corrected chi connectivity index (χ0v) is 10.7. The molecule has 0 spiro atoms. The van der Waals surface area contributed by atoms with Crippen molar-refractivity contribution in [2.75, 3.05) is 26.9 Å². The third kappa shape index (κ3) is 8.85. The molecule has 0 saturated carbocycles. The Kier molecular flexibility index (Phi) is 8.02. The first kappa shape index (κ1) is 14.9. The summed E-state index contributed by atoms with van der Waals surface area (Å²) >= 11 is 0. The van der Waals surface area contributed by atoms with Crippen molar-refractivity contribution in [2.45, 2.75) is 46.1 Å². The highest BCUT2D eigenvalue weighted by molar-refractivity contribution is 4.68. The van der Waals surface area contributed by atoms with E-state index in [0.717, 1.165) is 19.6 Å². The number of nitrogens with two attached hydrogens (primary N) is 1. The van der Waals surface area contributed by atoms with E-state index < -0.39 is 0 Å². The maximum atomic E-state index is 5.66. The first-order valence-electron chi connectivity index (χ1n) is 5.82. The van der Waals surface area contributed by atoms with Gasteiger partial charge in [-0.25, -0.2) is 0 Å². The average molecular weight is 217 g/mol. The molecule has 15 heavy (non-hydrogen) atoms. The molecular weight excluding hydrogens is 190 g/mol. The SMILES string of the molecule is COCC(C)OCCCCC(C)(C)CN. The number of hydrogen-bond acceptors (Lipinski definition) is 3. The second kappa shape index (κ2) is 8.08. The maximum absolute atomic E-state index is 5.66. The van der Waals surface area contributed by atoms with Gasteiger partial charge in [0.15, 0.2) is 0 Å². The molecule has 0 amide bonds. The smallest absolute Gasteiger partial charge is 0.0780 e. The van der Waals surface area contributed by atoms with Crippen molar-refractivity contribution in [1.82, 2.24) is 0 Å². The second-order valence-corrected chi connectivity index (χ2v) is 4.96. The zero-order chi connectivity index (χ0) is 11.7. The summed E-state index contributed by atoms with van der Waals surface area (Å²) in [6.45, 7) is 8.71. The number of methoxy groups -OCH3 is 1. The standard InChI is InChI=1S/C12H27NO2/c1-11(9-14-4)15-8-6-5-7-12(2,3)10-13/h11H,5-10,13H2,1-4H3. The van der Waals surface area contributed by atoms with Gasteiger partial charge in [0, 0.05) is 13.7 Å². The normalized spacial score (nSPS) is 14.2. The molecule has 0 aliphatic heterocycles. The summed E-state index contributed by atoms with van der Waals surface area (Å²) < 4.78 is 10.6. The van der Waals surface area contributed by atoms with Crippen LogP contribution in [0.25, 0.3) is 0 Å². The summed E-state index contributed by atoms with van der Waals surface area (Å²) in [5.41, 5.74) is 5.94. The van der Waals surface area contributed by atoms with Crippen LogP contribution in [-0.2, 0) is 9.47 Å². The fourth-order valence-corrected chi connectivity index (χ4v) is 1.38. The molecule has 0 aromatic rings. The second-order valence-electron chi connectivity index (χ2n) is 4.96. The molecule has 0 aromatic heterocycles. The van der Waals surface area contributed by atoms with Crippen molar-refractivity contribution in [3.05, 3.63) is 0 Å². The third-order valence-corrected chi connectivity index (χ3v) is 2.60. The lowest BCUT2D eigenvalue weighted by atomic mass is 9.87. The van der Waals surface area contributed by atoms with Gasteiger partial charge in [-0.1, -0.05) is 20.3 Å². The van der Waals surface area contributed by atoms with E-state index in [9.17, 15) is 0 Å².